The van der Waals surface area contributed by atoms with Gasteiger partial charge in [0.05, 0.1) is 11.2 Å². The highest BCUT2D eigenvalue weighted by molar-refractivity contribution is 7.80. The molecule has 1 amide bonds. The number of aromatic amines is 1. The molecule has 0 spiro atoms. The van der Waals surface area contributed by atoms with E-state index in [2.05, 4.69) is 20.9 Å². The molecule has 1 heterocycles. The van der Waals surface area contributed by atoms with Crippen molar-refractivity contribution in [1.82, 2.24) is 15.6 Å². The SMILES string of the molecule is O=C(CCc1ccccc1)NC(NC(=S)Nc1cccc2cc[nH]c12)C(Cl)(Cl)Cl. The van der Waals surface area contributed by atoms with Crippen molar-refractivity contribution >= 4 is 74.6 Å². The van der Waals surface area contributed by atoms with Gasteiger partial charge in [0.25, 0.3) is 0 Å². The number of halogens is 3. The number of hydrogen-bond acceptors (Lipinski definition) is 2. The van der Waals surface area contributed by atoms with Gasteiger partial charge in [-0.25, -0.2) is 0 Å². The van der Waals surface area contributed by atoms with Crippen LogP contribution in [0.1, 0.15) is 12.0 Å². The number of alkyl halides is 3. The molecule has 0 aliphatic heterocycles. The average Bonchev–Trinajstić information content (AvgIpc) is 3.16. The molecule has 2 aromatic carbocycles. The second kappa shape index (κ2) is 9.67. The molecule has 0 saturated heterocycles. The molecule has 0 fully saturated rings. The average molecular weight is 470 g/mol. The lowest BCUT2D eigenvalue weighted by atomic mass is 10.1. The van der Waals surface area contributed by atoms with E-state index in [0.29, 0.717) is 6.42 Å². The number of aryl methyl sites for hydroxylation is 1. The van der Waals surface area contributed by atoms with Crippen molar-refractivity contribution in [3.05, 3.63) is 66.4 Å². The van der Waals surface area contributed by atoms with Gasteiger partial charge in [-0.2, -0.15) is 0 Å². The minimum atomic E-state index is -1.80. The molecule has 1 aromatic heterocycles. The summed E-state index contributed by atoms with van der Waals surface area (Å²) in [4.78, 5) is 15.5. The number of para-hydroxylation sites is 1. The van der Waals surface area contributed by atoms with Crippen LogP contribution in [0.5, 0.6) is 0 Å². The van der Waals surface area contributed by atoms with Gasteiger partial charge in [0.1, 0.15) is 6.17 Å². The van der Waals surface area contributed by atoms with E-state index in [-0.39, 0.29) is 17.4 Å². The van der Waals surface area contributed by atoms with Gasteiger partial charge in [-0.05, 0) is 36.3 Å². The Balaban J connectivity index is 1.60. The smallest absolute Gasteiger partial charge is 0.228 e. The lowest BCUT2D eigenvalue weighted by Gasteiger charge is -2.28. The van der Waals surface area contributed by atoms with E-state index in [9.17, 15) is 4.79 Å². The maximum Gasteiger partial charge on any atom is 0.228 e. The van der Waals surface area contributed by atoms with Gasteiger partial charge >= 0.3 is 0 Å². The first-order valence-electron chi connectivity index (χ1n) is 8.86. The standard InChI is InChI=1S/C20H19Cl3N4OS/c21-20(22,23)18(26-16(28)10-9-13-5-2-1-3-6-13)27-19(29)25-15-8-4-7-14-11-12-24-17(14)15/h1-8,11-12,18,24H,9-10H2,(H,26,28)(H2,25,27,29). The number of amides is 1. The monoisotopic (exact) mass is 468 g/mol. The molecule has 1 atom stereocenters. The lowest BCUT2D eigenvalue weighted by Crippen LogP contribution is -2.56. The van der Waals surface area contributed by atoms with E-state index >= 15 is 0 Å². The number of carbonyl (C=O) groups is 1. The Hall–Kier alpha value is -1.99. The van der Waals surface area contributed by atoms with Gasteiger partial charge < -0.3 is 20.9 Å². The normalized spacial score (nSPS) is 12.4. The summed E-state index contributed by atoms with van der Waals surface area (Å²) in [5.41, 5.74) is 2.72. The molecule has 0 radical (unpaired) electrons. The van der Waals surface area contributed by atoms with Crippen LogP contribution in [0.25, 0.3) is 10.9 Å². The molecule has 3 aromatic rings. The minimum Gasteiger partial charge on any atom is -0.359 e. The number of thiocarbonyl (C=S) groups is 1. The summed E-state index contributed by atoms with van der Waals surface area (Å²) in [6.45, 7) is 0. The Kier molecular flexibility index (Phi) is 7.24. The van der Waals surface area contributed by atoms with Crippen LogP contribution in [-0.2, 0) is 11.2 Å². The molecule has 4 N–H and O–H groups in total. The van der Waals surface area contributed by atoms with Crippen LogP contribution in [0, 0.1) is 0 Å². The van der Waals surface area contributed by atoms with E-state index in [0.717, 1.165) is 22.2 Å². The van der Waals surface area contributed by atoms with E-state index < -0.39 is 9.96 Å². The molecule has 152 valence electrons. The highest BCUT2D eigenvalue weighted by atomic mass is 35.6. The van der Waals surface area contributed by atoms with E-state index in [1.807, 2.05) is 60.8 Å². The van der Waals surface area contributed by atoms with Crippen LogP contribution in [0.15, 0.2) is 60.8 Å². The quantitative estimate of drug-likeness (QED) is 0.235. The number of H-pyrrole nitrogens is 1. The molecule has 5 nitrogen and oxygen atoms in total. The van der Waals surface area contributed by atoms with Crippen molar-refractivity contribution < 1.29 is 4.79 Å². The zero-order valence-corrected chi connectivity index (χ0v) is 18.3. The van der Waals surface area contributed by atoms with Crippen LogP contribution >= 0.6 is 47.0 Å². The third kappa shape index (κ3) is 6.24. The van der Waals surface area contributed by atoms with E-state index in [4.69, 9.17) is 47.0 Å². The molecule has 9 heteroatoms. The number of rotatable bonds is 6. The van der Waals surface area contributed by atoms with Gasteiger partial charge in [0, 0.05) is 18.0 Å². The van der Waals surface area contributed by atoms with Crippen molar-refractivity contribution in [2.24, 2.45) is 0 Å². The van der Waals surface area contributed by atoms with Gasteiger partial charge in [0.2, 0.25) is 9.70 Å². The Morgan fingerprint density at radius 3 is 2.52 bits per heavy atom. The van der Waals surface area contributed by atoms with Crippen molar-refractivity contribution in [2.45, 2.75) is 22.8 Å². The van der Waals surface area contributed by atoms with E-state index in [1.54, 1.807) is 0 Å². The molecular weight excluding hydrogens is 451 g/mol. The highest BCUT2D eigenvalue weighted by Gasteiger charge is 2.34. The number of benzene rings is 2. The lowest BCUT2D eigenvalue weighted by molar-refractivity contribution is -0.121. The Morgan fingerprint density at radius 2 is 1.79 bits per heavy atom. The Labute approximate surface area is 189 Å². The summed E-state index contributed by atoms with van der Waals surface area (Å²) in [7, 11) is 0. The zero-order chi connectivity index (χ0) is 20.9. The molecule has 0 aliphatic carbocycles. The van der Waals surface area contributed by atoms with Crippen LogP contribution in [0.3, 0.4) is 0 Å². The Morgan fingerprint density at radius 1 is 1.03 bits per heavy atom. The summed E-state index contributed by atoms with van der Waals surface area (Å²) < 4.78 is -1.80. The zero-order valence-electron chi connectivity index (χ0n) is 15.2. The number of fused-ring (bicyclic) bond motifs is 1. The second-order valence-corrected chi connectivity index (χ2v) is 9.15. The van der Waals surface area contributed by atoms with Crippen molar-refractivity contribution in [2.75, 3.05) is 5.32 Å². The number of nitrogens with one attached hydrogen (secondary N) is 4. The number of anilines is 1. The summed E-state index contributed by atoms with van der Waals surface area (Å²) in [5, 5.41) is 9.88. The van der Waals surface area contributed by atoms with Crippen LogP contribution in [0.2, 0.25) is 0 Å². The Bertz CT molecular complexity index is 988. The molecular formula is C20H19Cl3N4OS. The fraction of sp³-hybridized carbons (Fsp3) is 0.200. The molecule has 0 saturated carbocycles. The summed E-state index contributed by atoms with van der Waals surface area (Å²) in [5.74, 6) is -0.257. The number of aromatic nitrogens is 1. The third-order valence-corrected chi connectivity index (χ3v) is 5.10. The summed E-state index contributed by atoms with van der Waals surface area (Å²) in [6.07, 6.45) is 1.67. The van der Waals surface area contributed by atoms with Crippen molar-refractivity contribution in [1.29, 1.82) is 0 Å². The predicted octanol–water partition coefficient (Wildman–Crippen LogP) is 4.90. The number of hydrogen-bond donors (Lipinski definition) is 4. The first-order valence-corrected chi connectivity index (χ1v) is 10.4. The summed E-state index contributed by atoms with van der Waals surface area (Å²) >= 11 is 23.5. The molecule has 0 bridgehead atoms. The highest BCUT2D eigenvalue weighted by Crippen LogP contribution is 2.29. The number of carbonyl (C=O) groups excluding carboxylic acids is 1. The van der Waals surface area contributed by atoms with Crippen LogP contribution in [0.4, 0.5) is 5.69 Å². The predicted molar refractivity (Wildman–Crippen MR) is 125 cm³/mol. The van der Waals surface area contributed by atoms with Crippen LogP contribution in [-0.4, -0.2) is 26.0 Å². The van der Waals surface area contributed by atoms with Gasteiger partial charge in [0.15, 0.2) is 5.11 Å². The third-order valence-electron chi connectivity index (χ3n) is 4.23. The van der Waals surface area contributed by atoms with Crippen LogP contribution < -0.4 is 16.0 Å². The van der Waals surface area contributed by atoms with Gasteiger partial charge in [-0.1, -0.05) is 77.3 Å². The maximum absolute atomic E-state index is 12.4. The van der Waals surface area contributed by atoms with Gasteiger partial charge in [-0.3, -0.25) is 4.79 Å². The minimum absolute atomic E-state index is 0.215. The first kappa shape index (κ1) is 21.7. The molecule has 3 rings (SSSR count). The molecule has 29 heavy (non-hydrogen) atoms. The maximum atomic E-state index is 12.4. The molecule has 0 aliphatic rings. The van der Waals surface area contributed by atoms with E-state index in [1.165, 1.54) is 0 Å². The van der Waals surface area contributed by atoms with Gasteiger partial charge in [-0.15, -0.1) is 0 Å². The topological polar surface area (TPSA) is 69.0 Å². The second-order valence-electron chi connectivity index (χ2n) is 6.37. The largest absolute Gasteiger partial charge is 0.359 e. The van der Waals surface area contributed by atoms with Crippen molar-refractivity contribution in [3.63, 3.8) is 0 Å². The first-order chi connectivity index (χ1) is 13.8. The van der Waals surface area contributed by atoms with Crippen molar-refractivity contribution in [3.8, 4) is 0 Å². The fourth-order valence-electron chi connectivity index (χ4n) is 2.81. The molecule has 1 unspecified atom stereocenters. The summed E-state index contributed by atoms with van der Waals surface area (Å²) in [6, 6.07) is 17.4. The fourth-order valence-corrected chi connectivity index (χ4v) is 3.37.